The minimum atomic E-state index is 0.674. The van der Waals surface area contributed by atoms with E-state index < -0.39 is 0 Å². The normalized spacial score (nSPS) is 11.4. The van der Waals surface area contributed by atoms with E-state index in [4.69, 9.17) is 4.98 Å². The van der Waals surface area contributed by atoms with Gasteiger partial charge in [0.15, 0.2) is 5.82 Å². The zero-order valence-corrected chi connectivity index (χ0v) is 15.7. The summed E-state index contributed by atoms with van der Waals surface area (Å²) < 4.78 is 0. The Morgan fingerprint density at radius 3 is 2.72 bits per heavy atom. The van der Waals surface area contributed by atoms with E-state index in [2.05, 4.69) is 35.1 Å². The molecule has 9 heteroatoms. The molecule has 138 valence electrons. The van der Waals surface area contributed by atoms with Crippen LogP contribution in [0.4, 0.5) is 0 Å². The number of thiophene rings is 1. The number of nitrogens with zero attached hydrogens (tertiary/aromatic N) is 6. The Bertz CT molecular complexity index is 1450. The molecule has 6 aromatic rings. The van der Waals surface area contributed by atoms with Crippen molar-refractivity contribution in [2.75, 3.05) is 0 Å². The van der Waals surface area contributed by atoms with Gasteiger partial charge in [-0.15, -0.1) is 11.3 Å². The second-order valence-corrected chi connectivity index (χ2v) is 7.34. The third-order valence-corrected chi connectivity index (χ3v) is 5.53. The summed E-state index contributed by atoms with van der Waals surface area (Å²) in [5, 5.41) is 10.4. The van der Waals surface area contributed by atoms with Crippen molar-refractivity contribution in [3.63, 3.8) is 0 Å². The summed E-state index contributed by atoms with van der Waals surface area (Å²) in [5.41, 5.74) is 5.58. The number of H-pyrrole nitrogens is 2. The maximum atomic E-state index is 4.82. The number of aromatic amines is 2. The Morgan fingerprint density at radius 2 is 1.86 bits per heavy atom. The summed E-state index contributed by atoms with van der Waals surface area (Å²) in [6.07, 6.45) is 8.51. The van der Waals surface area contributed by atoms with Gasteiger partial charge in [-0.25, -0.2) is 4.98 Å². The highest BCUT2D eigenvalue weighted by Crippen LogP contribution is 2.32. The number of hydrogen-bond acceptors (Lipinski definition) is 7. The Morgan fingerprint density at radius 1 is 0.862 bits per heavy atom. The predicted octanol–water partition coefficient (Wildman–Crippen LogP) is 4.08. The summed E-state index contributed by atoms with van der Waals surface area (Å²) >= 11 is 1.64. The molecule has 6 heterocycles. The largest absolute Gasteiger partial charge is 0.336 e. The number of rotatable bonds is 3. The molecule has 0 radical (unpaired) electrons. The van der Waals surface area contributed by atoms with Crippen LogP contribution in [0.3, 0.4) is 0 Å². The van der Waals surface area contributed by atoms with Crippen molar-refractivity contribution in [2.24, 2.45) is 0 Å². The molecule has 0 atom stereocenters. The van der Waals surface area contributed by atoms with Gasteiger partial charge in [0, 0.05) is 24.0 Å². The fraction of sp³-hybridized carbons (Fsp3) is 0. The first-order valence-electron chi connectivity index (χ1n) is 8.86. The van der Waals surface area contributed by atoms with Crippen LogP contribution in [0.1, 0.15) is 0 Å². The number of hydrogen-bond donors (Lipinski definition) is 2. The lowest BCUT2D eigenvalue weighted by molar-refractivity contribution is 1.10. The fourth-order valence-electron chi connectivity index (χ4n) is 3.31. The van der Waals surface area contributed by atoms with Crippen LogP contribution in [0.15, 0.2) is 60.6 Å². The number of nitrogens with one attached hydrogen (secondary N) is 2. The van der Waals surface area contributed by atoms with Crippen molar-refractivity contribution in [1.29, 1.82) is 0 Å². The van der Waals surface area contributed by atoms with Crippen molar-refractivity contribution in [1.82, 2.24) is 40.1 Å². The quantitative estimate of drug-likeness (QED) is 0.466. The summed E-state index contributed by atoms with van der Waals surface area (Å²) in [5.74, 6) is 0.674. The van der Waals surface area contributed by atoms with Gasteiger partial charge in [-0.05, 0) is 23.6 Å². The van der Waals surface area contributed by atoms with Gasteiger partial charge >= 0.3 is 0 Å². The first kappa shape index (κ1) is 16.0. The van der Waals surface area contributed by atoms with E-state index in [1.54, 1.807) is 42.3 Å². The summed E-state index contributed by atoms with van der Waals surface area (Å²) in [4.78, 5) is 26.7. The lowest BCUT2D eigenvalue weighted by Gasteiger charge is -1.99. The van der Waals surface area contributed by atoms with E-state index in [1.807, 2.05) is 29.6 Å². The van der Waals surface area contributed by atoms with Gasteiger partial charge in [0.25, 0.3) is 0 Å². The van der Waals surface area contributed by atoms with Crippen LogP contribution in [0.2, 0.25) is 0 Å². The van der Waals surface area contributed by atoms with Gasteiger partial charge in [-0.2, -0.15) is 5.10 Å². The lowest BCUT2D eigenvalue weighted by atomic mass is 10.2. The smallest absolute Gasteiger partial charge is 0.159 e. The van der Waals surface area contributed by atoms with Gasteiger partial charge < -0.3 is 4.98 Å². The fourth-order valence-corrected chi connectivity index (χ4v) is 4.03. The molecular formula is C20H12N8S. The van der Waals surface area contributed by atoms with Gasteiger partial charge in [0.1, 0.15) is 22.6 Å². The molecule has 29 heavy (non-hydrogen) atoms. The molecule has 6 aromatic heterocycles. The molecule has 6 rings (SSSR count). The molecule has 0 spiro atoms. The van der Waals surface area contributed by atoms with Gasteiger partial charge in [-0.3, -0.25) is 25.0 Å². The van der Waals surface area contributed by atoms with Crippen LogP contribution in [0.5, 0.6) is 0 Å². The third kappa shape index (κ3) is 2.59. The monoisotopic (exact) mass is 396 g/mol. The van der Waals surface area contributed by atoms with Gasteiger partial charge in [0.2, 0.25) is 0 Å². The van der Waals surface area contributed by atoms with E-state index in [9.17, 15) is 0 Å². The van der Waals surface area contributed by atoms with E-state index >= 15 is 0 Å². The molecule has 0 amide bonds. The van der Waals surface area contributed by atoms with Crippen LogP contribution in [0, 0.1) is 0 Å². The van der Waals surface area contributed by atoms with Crippen molar-refractivity contribution in [3.8, 4) is 33.5 Å². The maximum Gasteiger partial charge on any atom is 0.159 e. The number of imidazole rings is 1. The highest BCUT2D eigenvalue weighted by molar-refractivity contribution is 7.13. The molecule has 0 aliphatic rings. The van der Waals surface area contributed by atoms with Crippen molar-refractivity contribution >= 4 is 33.3 Å². The van der Waals surface area contributed by atoms with E-state index in [0.29, 0.717) is 11.5 Å². The van der Waals surface area contributed by atoms with Gasteiger partial charge in [-0.1, -0.05) is 6.07 Å². The SMILES string of the molecule is c1csc(-c2nccc3[nH]c(-c4n[nH]c5cnc(-c6cnccn6)cc45)nc23)c1. The number of fused-ring (bicyclic) bond motifs is 2. The maximum absolute atomic E-state index is 4.82. The molecule has 0 aromatic carbocycles. The van der Waals surface area contributed by atoms with Crippen molar-refractivity contribution in [2.45, 2.75) is 0 Å². The highest BCUT2D eigenvalue weighted by atomic mass is 32.1. The summed E-state index contributed by atoms with van der Waals surface area (Å²) in [7, 11) is 0. The van der Waals surface area contributed by atoms with Crippen LogP contribution in [-0.2, 0) is 0 Å². The zero-order chi connectivity index (χ0) is 19.2. The minimum Gasteiger partial charge on any atom is -0.336 e. The number of aromatic nitrogens is 8. The number of pyridine rings is 2. The molecule has 2 N–H and O–H groups in total. The third-order valence-electron chi connectivity index (χ3n) is 4.65. The Balaban J connectivity index is 1.53. The van der Waals surface area contributed by atoms with Crippen molar-refractivity contribution < 1.29 is 0 Å². The second kappa shape index (κ2) is 6.28. The molecule has 0 saturated carbocycles. The molecule has 0 unspecified atom stereocenters. The van der Waals surface area contributed by atoms with Gasteiger partial charge in [0.05, 0.1) is 34.0 Å². The van der Waals surface area contributed by atoms with Crippen LogP contribution >= 0.6 is 11.3 Å². The highest BCUT2D eigenvalue weighted by Gasteiger charge is 2.17. The van der Waals surface area contributed by atoms with Crippen LogP contribution < -0.4 is 0 Å². The first-order chi connectivity index (χ1) is 14.4. The van der Waals surface area contributed by atoms with Crippen molar-refractivity contribution in [3.05, 3.63) is 60.6 Å². The molecular weight excluding hydrogens is 384 g/mol. The first-order valence-corrected chi connectivity index (χ1v) is 9.74. The van der Waals surface area contributed by atoms with E-state index in [0.717, 1.165) is 43.9 Å². The lowest BCUT2D eigenvalue weighted by Crippen LogP contribution is -1.88. The molecule has 0 saturated heterocycles. The Labute approximate surface area is 167 Å². The Kier molecular flexibility index (Phi) is 3.47. The average molecular weight is 396 g/mol. The molecule has 0 bridgehead atoms. The van der Waals surface area contributed by atoms with Crippen LogP contribution in [0.25, 0.3) is 55.4 Å². The standard InChI is InChI=1S/C20H12N8S/c1-2-16(29-7-1)19-18-12(3-4-23-19)25-20(26-18)17-11-8-13(15-9-21-5-6-22-15)24-10-14(11)27-28-17/h1-10H,(H,25,26)(H,27,28). The molecule has 0 aliphatic heterocycles. The summed E-state index contributed by atoms with van der Waals surface area (Å²) in [6, 6.07) is 7.92. The van der Waals surface area contributed by atoms with E-state index in [-0.39, 0.29) is 0 Å². The second-order valence-electron chi connectivity index (χ2n) is 6.40. The predicted molar refractivity (Wildman–Crippen MR) is 111 cm³/mol. The molecule has 0 aliphatic carbocycles. The average Bonchev–Trinajstić information content (AvgIpc) is 3.52. The van der Waals surface area contributed by atoms with E-state index in [1.165, 1.54) is 0 Å². The summed E-state index contributed by atoms with van der Waals surface area (Å²) in [6.45, 7) is 0. The molecule has 0 fully saturated rings. The van der Waals surface area contributed by atoms with Crippen LogP contribution in [-0.4, -0.2) is 40.1 Å². The Hall–Kier alpha value is -3.98. The molecule has 8 nitrogen and oxygen atoms in total. The topological polar surface area (TPSA) is 109 Å². The zero-order valence-electron chi connectivity index (χ0n) is 14.9. The minimum absolute atomic E-state index is 0.674.